The zero-order chi connectivity index (χ0) is 15.7. The van der Waals surface area contributed by atoms with E-state index in [1.54, 1.807) is 12.1 Å². The summed E-state index contributed by atoms with van der Waals surface area (Å²) in [5, 5.41) is 8.83. The molecule has 0 aliphatic rings. The van der Waals surface area contributed by atoms with Gasteiger partial charge >= 0.3 is 0 Å². The largest absolute Gasteiger partial charge is 0.263 e. The van der Waals surface area contributed by atoms with Gasteiger partial charge in [-0.3, -0.25) is 4.72 Å². The van der Waals surface area contributed by atoms with E-state index >= 15 is 0 Å². The summed E-state index contributed by atoms with van der Waals surface area (Å²) in [6, 6.07) is 6.91. The van der Waals surface area contributed by atoms with Gasteiger partial charge < -0.3 is 0 Å². The Labute approximate surface area is 129 Å². The molecule has 0 fully saturated rings. The number of hydrogen-bond donors (Lipinski definition) is 1. The molecule has 0 radical (unpaired) electrons. The summed E-state index contributed by atoms with van der Waals surface area (Å²) in [6.07, 6.45) is 0.736. The summed E-state index contributed by atoms with van der Waals surface area (Å²) < 4.78 is 27.0. The average Bonchev–Trinajstić information content (AvgIpc) is 2.85. The van der Waals surface area contributed by atoms with Crippen molar-refractivity contribution in [3.8, 4) is 0 Å². The Hall–Kier alpha value is -1.47. The molecule has 114 valence electrons. The molecule has 0 amide bonds. The first-order chi connectivity index (χ1) is 9.72. The number of aromatic nitrogens is 2. The zero-order valence-corrected chi connectivity index (χ0v) is 14.2. The molecule has 7 heteroatoms. The van der Waals surface area contributed by atoms with E-state index in [1.165, 1.54) is 11.3 Å². The van der Waals surface area contributed by atoms with Gasteiger partial charge in [0.1, 0.15) is 5.01 Å². The number of nitrogens with one attached hydrogen (secondary N) is 1. The van der Waals surface area contributed by atoms with Crippen LogP contribution in [0.25, 0.3) is 0 Å². The van der Waals surface area contributed by atoms with Crippen LogP contribution in [0.2, 0.25) is 0 Å². The van der Waals surface area contributed by atoms with Crippen LogP contribution in [-0.4, -0.2) is 18.6 Å². The molecule has 0 bridgehead atoms. The second-order valence-corrected chi connectivity index (χ2v) is 8.48. The number of sulfonamides is 1. The maximum absolute atomic E-state index is 12.3. The maximum Gasteiger partial charge on any atom is 0.263 e. The minimum atomic E-state index is -3.61. The van der Waals surface area contributed by atoms with Crippen LogP contribution in [-0.2, 0) is 21.9 Å². The Kier molecular flexibility index (Phi) is 4.34. The molecule has 0 spiro atoms. The molecule has 2 rings (SSSR count). The molecule has 1 aromatic heterocycles. The summed E-state index contributed by atoms with van der Waals surface area (Å²) in [7, 11) is -3.61. The number of nitrogens with zero attached hydrogens (tertiary/aromatic N) is 2. The molecule has 5 nitrogen and oxygen atoms in total. The van der Waals surface area contributed by atoms with Crippen molar-refractivity contribution in [3.05, 3.63) is 34.8 Å². The van der Waals surface area contributed by atoms with E-state index in [4.69, 9.17) is 0 Å². The Balaban J connectivity index is 2.23. The summed E-state index contributed by atoms with van der Waals surface area (Å²) in [5.74, 6) is 0. The predicted molar refractivity (Wildman–Crippen MR) is 85.2 cm³/mol. The number of rotatable bonds is 4. The van der Waals surface area contributed by atoms with Crippen molar-refractivity contribution in [3.63, 3.8) is 0 Å². The third-order valence-corrected chi connectivity index (χ3v) is 5.49. The van der Waals surface area contributed by atoms with Gasteiger partial charge in [-0.2, -0.15) is 0 Å². The van der Waals surface area contributed by atoms with Gasteiger partial charge in [0.15, 0.2) is 0 Å². The maximum atomic E-state index is 12.3. The molecule has 0 atom stereocenters. The molecule has 0 aliphatic carbocycles. The second-order valence-electron chi connectivity index (χ2n) is 5.73. The number of aryl methyl sites for hydroxylation is 1. The Bertz CT molecular complexity index is 713. The second kappa shape index (κ2) is 5.73. The predicted octanol–water partition coefficient (Wildman–Crippen LogP) is 3.20. The monoisotopic (exact) mass is 325 g/mol. The Morgan fingerprint density at radius 3 is 2.24 bits per heavy atom. The van der Waals surface area contributed by atoms with Gasteiger partial charge in [-0.15, -0.1) is 10.2 Å². The van der Waals surface area contributed by atoms with Crippen molar-refractivity contribution >= 4 is 26.5 Å². The van der Waals surface area contributed by atoms with E-state index in [0.717, 1.165) is 17.0 Å². The molecule has 0 saturated heterocycles. The van der Waals surface area contributed by atoms with Gasteiger partial charge in [0.25, 0.3) is 10.0 Å². The first-order valence-electron chi connectivity index (χ1n) is 6.68. The Morgan fingerprint density at radius 2 is 1.76 bits per heavy atom. The topological polar surface area (TPSA) is 72.0 Å². The molecule has 0 aliphatic heterocycles. The highest BCUT2D eigenvalue weighted by Gasteiger charge is 2.19. The van der Waals surface area contributed by atoms with Crippen LogP contribution in [0.3, 0.4) is 0 Å². The molecular formula is C14H19N3O2S2. The van der Waals surface area contributed by atoms with Gasteiger partial charge in [-0.1, -0.05) is 51.2 Å². The molecular weight excluding hydrogens is 306 g/mol. The van der Waals surface area contributed by atoms with Crippen molar-refractivity contribution in [1.82, 2.24) is 10.2 Å². The molecule has 1 heterocycles. The number of anilines is 1. The normalized spacial score (nSPS) is 12.4. The molecule has 0 unspecified atom stereocenters. The SMILES string of the molecule is CCc1nnc(NS(=O)(=O)c2ccc(C(C)(C)C)cc2)s1. The molecule has 1 N–H and O–H groups in total. The molecule has 2 aromatic rings. The highest BCUT2D eigenvalue weighted by molar-refractivity contribution is 7.93. The first-order valence-corrected chi connectivity index (χ1v) is 8.98. The van der Waals surface area contributed by atoms with Crippen molar-refractivity contribution in [2.24, 2.45) is 0 Å². The average molecular weight is 325 g/mol. The lowest BCUT2D eigenvalue weighted by Gasteiger charge is -2.19. The summed E-state index contributed by atoms with van der Waals surface area (Å²) in [5.41, 5.74) is 1.08. The van der Waals surface area contributed by atoms with Crippen LogP contribution in [0.15, 0.2) is 29.2 Å². The van der Waals surface area contributed by atoms with E-state index in [0.29, 0.717) is 5.13 Å². The zero-order valence-electron chi connectivity index (χ0n) is 12.5. The lowest BCUT2D eigenvalue weighted by Crippen LogP contribution is -2.14. The van der Waals surface area contributed by atoms with Crippen molar-refractivity contribution in [2.45, 2.75) is 44.4 Å². The standard InChI is InChI=1S/C14H19N3O2S2/c1-5-12-15-16-13(20-12)17-21(18,19)11-8-6-10(7-9-11)14(2,3)4/h6-9H,5H2,1-4H3,(H,16,17). The van der Waals surface area contributed by atoms with E-state index in [9.17, 15) is 8.42 Å². The molecule has 21 heavy (non-hydrogen) atoms. The van der Waals surface area contributed by atoms with E-state index in [2.05, 4.69) is 35.7 Å². The fourth-order valence-corrected chi connectivity index (χ4v) is 3.66. The molecule has 0 saturated carbocycles. The fraction of sp³-hybridized carbons (Fsp3) is 0.429. The minimum Gasteiger partial charge on any atom is -0.253 e. The smallest absolute Gasteiger partial charge is 0.253 e. The van der Waals surface area contributed by atoms with Gasteiger partial charge in [-0.05, 0) is 29.5 Å². The third-order valence-electron chi connectivity index (χ3n) is 3.02. The number of benzene rings is 1. The van der Waals surface area contributed by atoms with Crippen molar-refractivity contribution in [1.29, 1.82) is 0 Å². The highest BCUT2D eigenvalue weighted by atomic mass is 32.2. The van der Waals surface area contributed by atoms with E-state index in [-0.39, 0.29) is 10.3 Å². The van der Waals surface area contributed by atoms with Gasteiger partial charge in [0.2, 0.25) is 5.13 Å². The van der Waals surface area contributed by atoms with Crippen LogP contribution < -0.4 is 4.72 Å². The van der Waals surface area contributed by atoms with Crippen LogP contribution in [0.4, 0.5) is 5.13 Å². The van der Waals surface area contributed by atoms with Crippen LogP contribution in [0, 0.1) is 0 Å². The van der Waals surface area contributed by atoms with E-state index in [1.807, 2.05) is 19.1 Å². The highest BCUT2D eigenvalue weighted by Crippen LogP contribution is 2.25. The number of hydrogen-bond acceptors (Lipinski definition) is 5. The lowest BCUT2D eigenvalue weighted by atomic mass is 9.87. The fourth-order valence-electron chi connectivity index (χ4n) is 1.75. The minimum absolute atomic E-state index is 0.00895. The van der Waals surface area contributed by atoms with Gasteiger partial charge in [0, 0.05) is 0 Å². The van der Waals surface area contributed by atoms with Crippen LogP contribution in [0.5, 0.6) is 0 Å². The van der Waals surface area contributed by atoms with Crippen molar-refractivity contribution < 1.29 is 8.42 Å². The van der Waals surface area contributed by atoms with E-state index < -0.39 is 10.0 Å². The van der Waals surface area contributed by atoms with Crippen molar-refractivity contribution in [2.75, 3.05) is 4.72 Å². The summed E-state index contributed by atoms with van der Waals surface area (Å²) in [4.78, 5) is 0.226. The Morgan fingerprint density at radius 1 is 1.14 bits per heavy atom. The van der Waals surface area contributed by atoms with Crippen LogP contribution in [0.1, 0.15) is 38.3 Å². The summed E-state index contributed by atoms with van der Waals surface area (Å²) in [6.45, 7) is 8.21. The van der Waals surface area contributed by atoms with Gasteiger partial charge in [-0.25, -0.2) is 8.42 Å². The van der Waals surface area contributed by atoms with Gasteiger partial charge in [0.05, 0.1) is 4.90 Å². The van der Waals surface area contributed by atoms with Crippen LogP contribution >= 0.6 is 11.3 Å². The molecule has 1 aromatic carbocycles. The summed E-state index contributed by atoms with van der Waals surface area (Å²) >= 11 is 1.25. The quantitative estimate of drug-likeness (QED) is 0.937. The third kappa shape index (κ3) is 3.79. The lowest BCUT2D eigenvalue weighted by molar-refractivity contribution is 0.587. The first kappa shape index (κ1) is 15.9.